The van der Waals surface area contributed by atoms with Crippen LogP contribution in [0.5, 0.6) is 0 Å². The normalized spacial score (nSPS) is 34.4. The molecule has 0 unspecified atom stereocenters. The Balaban J connectivity index is 1.82. The largest absolute Gasteiger partial charge is 0.481 e. The molecule has 2 saturated carbocycles. The molecule has 2 fully saturated rings. The summed E-state index contributed by atoms with van der Waals surface area (Å²) >= 11 is 0. The maximum atomic E-state index is 11.7. The molecule has 0 heterocycles. The molecule has 2 aliphatic carbocycles. The van der Waals surface area contributed by atoms with Crippen molar-refractivity contribution in [2.24, 2.45) is 11.3 Å². The van der Waals surface area contributed by atoms with Gasteiger partial charge in [-0.1, -0.05) is 0 Å². The smallest absolute Gasteiger partial charge is 0.407 e. The second-order valence-electron chi connectivity index (χ2n) is 6.54. The molecule has 2 aliphatic rings. The van der Waals surface area contributed by atoms with Gasteiger partial charge in [-0.15, -0.1) is 0 Å². The van der Waals surface area contributed by atoms with Crippen LogP contribution in [0.25, 0.3) is 0 Å². The van der Waals surface area contributed by atoms with Crippen molar-refractivity contribution in [3.05, 3.63) is 0 Å². The molecule has 0 saturated heterocycles. The second-order valence-corrected chi connectivity index (χ2v) is 6.54. The summed E-state index contributed by atoms with van der Waals surface area (Å²) in [7, 11) is 0. The van der Waals surface area contributed by atoms with Crippen molar-refractivity contribution in [1.82, 2.24) is 5.32 Å². The van der Waals surface area contributed by atoms with Gasteiger partial charge in [-0.05, 0) is 51.9 Å². The summed E-state index contributed by atoms with van der Waals surface area (Å²) in [5, 5.41) is 11.8. The number of carbonyl (C=O) groups excluding carboxylic acids is 1. The molecule has 0 aromatic rings. The third kappa shape index (κ3) is 2.44. The lowest BCUT2D eigenvalue weighted by Gasteiger charge is -2.58. The van der Waals surface area contributed by atoms with Crippen LogP contribution in [0.4, 0.5) is 4.79 Å². The zero-order valence-corrected chi connectivity index (χ0v) is 11.2. The maximum Gasteiger partial charge on any atom is 0.407 e. The number of ether oxygens (including phenoxy) is 1. The predicted octanol–water partition coefficient (Wildman–Crippen LogP) is 2.15. The first-order valence-corrected chi connectivity index (χ1v) is 6.44. The number of carboxylic acid groups (broad SMARTS) is 1. The molecule has 1 spiro atoms. The van der Waals surface area contributed by atoms with E-state index in [-0.39, 0.29) is 17.4 Å². The lowest BCUT2D eigenvalue weighted by Crippen LogP contribution is -2.62. The molecule has 0 radical (unpaired) electrons. The summed E-state index contributed by atoms with van der Waals surface area (Å²) < 4.78 is 5.21. The fourth-order valence-corrected chi connectivity index (χ4v) is 2.96. The van der Waals surface area contributed by atoms with E-state index >= 15 is 0 Å². The number of carbonyl (C=O) groups is 2. The van der Waals surface area contributed by atoms with Gasteiger partial charge in [-0.3, -0.25) is 4.79 Å². The quantitative estimate of drug-likeness (QED) is 0.792. The van der Waals surface area contributed by atoms with Crippen LogP contribution in [0.15, 0.2) is 0 Å². The Bertz CT molecular complexity index is 366. The van der Waals surface area contributed by atoms with Gasteiger partial charge < -0.3 is 15.2 Å². The molecule has 18 heavy (non-hydrogen) atoms. The van der Waals surface area contributed by atoms with Crippen molar-refractivity contribution >= 4 is 12.1 Å². The molecule has 5 nitrogen and oxygen atoms in total. The molecule has 5 heteroatoms. The van der Waals surface area contributed by atoms with Crippen LogP contribution >= 0.6 is 0 Å². The van der Waals surface area contributed by atoms with Crippen LogP contribution in [0.2, 0.25) is 0 Å². The summed E-state index contributed by atoms with van der Waals surface area (Å²) in [4.78, 5) is 22.5. The number of carboxylic acids is 1. The van der Waals surface area contributed by atoms with E-state index in [0.717, 1.165) is 12.8 Å². The highest BCUT2D eigenvalue weighted by Gasteiger charge is 2.57. The van der Waals surface area contributed by atoms with Crippen molar-refractivity contribution in [2.45, 2.75) is 58.1 Å². The number of alkyl carbamates (subject to hydrolysis) is 1. The first-order chi connectivity index (χ1) is 8.22. The Morgan fingerprint density at radius 1 is 1.33 bits per heavy atom. The predicted molar refractivity (Wildman–Crippen MR) is 65.2 cm³/mol. The zero-order chi connectivity index (χ0) is 13.6. The molecule has 0 aromatic heterocycles. The Kier molecular flexibility index (Phi) is 3.03. The lowest BCUT2D eigenvalue weighted by molar-refractivity contribution is -0.157. The standard InChI is InChI=1S/C13H21NO4/c1-12(2,3)18-11(17)14-9-4-5-13(9)6-8(7-13)10(15)16/h8-9H,4-7H2,1-3H3,(H,14,17)(H,15,16)/t8?,9-,13?/m0/s1. The highest BCUT2D eigenvalue weighted by molar-refractivity contribution is 5.72. The summed E-state index contributed by atoms with van der Waals surface area (Å²) in [5.41, 5.74) is -0.468. The van der Waals surface area contributed by atoms with E-state index in [9.17, 15) is 9.59 Å². The Hall–Kier alpha value is -1.26. The van der Waals surface area contributed by atoms with Gasteiger partial charge in [0.15, 0.2) is 0 Å². The van der Waals surface area contributed by atoms with Crippen molar-refractivity contribution in [3.63, 3.8) is 0 Å². The van der Waals surface area contributed by atoms with Crippen LogP contribution < -0.4 is 5.32 Å². The first kappa shape index (κ1) is 13.2. The molecular formula is C13H21NO4. The fourth-order valence-electron chi connectivity index (χ4n) is 2.96. The third-order valence-electron chi connectivity index (χ3n) is 4.02. The van der Waals surface area contributed by atoms with Gasteiger partial charge in [0.1, 0.15) is 5.60 Å². The van der Waals surface area contributed by atoms with E-state index in [2.05, 4.69) is 5.32 Å². The van der Waals surface area contributed by atoms with Gasteiger partial charge in [0.25, 0.3) is 0 Å². The van der Waals surface area contributed by atoms with Crippen molar-refractivity contribution in [3.8, 4) is 0 Å². The molecule has 2 N–H and O–H groups in total. The van der Waals surface area contributed by atoms with Gasteiger partial charge in [-0.25, -0.2) is 4.79 Å². The topological polar surface area (TPSA) is 75.6 Å². The molecule has 1 amide bonds. The van der Waals surface area contributed by atoms with E-state index in [4.69, 9.17) is 9.84 Å². The molecule has 2 rings (SSSR count). The van der Waals surface area contributed by atoms with E-state index < -0.39 is 17.7 Å². The Labute approximate surface area is 107 Å². The molecule has 1 atom stereocenters. The highest BCUT2D eigenvalue weighted by atomic mass is 16.6. The van der Waals surface area contributed by atoms with Crippen LogP contribution in [0.3, 0.4) is 0 Å². The summed E-state index contributed by atoms with van der Waals surface area (Å²) in [6.07, 6.45) is 2.90. The van der Waals surface area contributed by atoms with Gasteiger partial charge in [0.05, 0.1) is 5.92 Å². The van der Waals surface area contributed by atoms with E-state index in [1.807, 2.05) is 20.8 Å². The average molecular weight is 255 g/mol. The summed E-state index contributed by atoms with van der Waals surface area (Å²) in [5.74, 6) is -0.947. The van der Waals surface area contributed by atoms with Gasteiger partial charge in [0.2, 0.25) is 0 Å². The fraction of sp³-hybridized carbons (Fsp3) is 0.846. The monoisotopic (exact) mass is 255 g/mol. The molecule has 0 aromatic carbocycles. The third-order valence-corrected chi connectivity index (χ3v) is 4.02. The van der Waals surface area contributed by atoms with Crippen LogP contribution in [-0.4, -0.2) is 28.8 Å². The van der Waals surface area contributed by atoms with Crippen molar-refractivity contribution in [2.75, 3.05) is 0 Å². The van der Waals surface area contributed by atoms with Crippen LogP contribution in [-0.2, 0) is 9.53 Å². The maximum absolute atomic E-state index is 11.7. The SMILES string of the molecule is CC(C)(C)OC(=O)N[C@H]1CCC12CC(C(=O)O)C2. The van der Waals surface area contributed by atoms with Gasteiger partial charge in [0, 0.05) is 6.04 Å². The average Bonchev–Trinajstić information content (AvgIpc) is 2.06. The van der Waals surface area contributed by atoms with E-state index in [0.29, 0.717) is 12.8 Å². The van der Waals surface area contributed by atoms with Crippen LogP contribution in [0, 0.1) is 11.3 Å². The van der Waals surface area contributed by atoms with E-state index in [1.54, 1.807) is 0 Å². The Morgan fingerprint density at radius 2 is 1.94 bits per heavy atom. The zero-order valence-electron chi connectivity index (χ0n) is 11.2. The number of rotatable bonds is 2. The minimum atomic E-state index is -0.719. The lowest BCUT2D eigenvalue weighted by atomic mass is 9.49. The number of hydrogen-bond acceptors (Lipinski definition) is 3. The molecule has 0 bridgehead atoms. The molecule has 0 aliphatic heterocycles. The van der Waals surface area contributed by atoms with E-state index in [1.165, 1.54) is 0 Å². The number of aliphatic carboxylic acids is 1. The number of hydrogen-bond donors (Lipinski definition) is 2. The minimum Gasteiger partial charge on any atom is -0.481 e. The summed E-state index contributed by atoms with van der Waals surface area (Å²) in [6, 6.07) is 0.0861. The highest BCUT2D eigenvalue weighted by Crippen LogP contribution is 2.58. The molecular weight excluding hydrogens is 234 g/mol. The number of nitrogens with one attached hydrogen (secondary N) is 1. The Morgan fingerprint density at radius 3 is 2.33 bits per heavy atom. The van der Waals surface area contributed by atoms with Crippen molar-refractivity contribution < 1.29 is 19.4 Å². The van der Waals surface area contributed by atoms with Gasteiger partial charge in [-0.2, -0.15) is 0 Å². The number of amides is 1. The first-order valence-electron chi connectivity index (χ1n) is 6.44. The second kappa shape index (κ2) is 4.14. The minimum absolute atomic E-state index is 0.0277. The van der Waals surface area contributed by atoms with Crippen LogP contribution in [0.1, 0.15) is 46.5 Å². The molecule has 102 valence electrons. The van der Waals surface area contributed by atoms with Crippen molar-refractivity contribution in [1.29, 1.82) is 0 Å². The summed E-state index contributed by atoms with van der Waals surface area (Å²) in [6.45, 7) is 5.48. The van der Waals surface area contributed by atoms with Gasteiger partial charge >= 0.3 is 12.1 Å².